The Bertz CT molecular complexity index is 309. The van der Waals surface area contributed by atoms with Crippen molar-refractivity contribution in [1.29, 1.82) is 0 Å². The van der Waals surface area contributed by atoms with Crippen LogP contribution >= 0.6 is 0 Å². The number of carbonyl (C=O) groups excluding carboxylic acids is 1. The van der Waals surface area contributed by atoms with Crippen LogP contribution in [0.4, 0.5) is 0 Å². The largest absolute Gasteiger partial charge is 0.465 e. The van der Waals surface area contributed by atoms with Gasteiger partial charge in [0.05, 0.1) is 13.2 Å². The maximum Gasteiger partial charge on any atom is 0.325 e. The summed E-state index contributed by atoms with van der Waals surface area (Å²) < 4.78 is 6.73. The Morgan fingerprint density at radius 1 is 1.56 bits per heavy atom. The van der Waals surface area contributed by atoms with Gasteiger partial charge in [-0.25, -0.2) is 0 Å². The molecule has 0 aromatic carbocycles. The molecule has 1 unspecified atom stereocenters. The van der Waals surface area contributed by atoms with Crippen molar-refractivity contribution in [3.8, 4) is 0 Å². The minimum absolute atomic E-state index is 0.227. The summed E-state index contributed by atoms with van der Waals surface area (Å²) >= 11 is 0. The van der Waals surface area contributed by atoms with Gasteiger partial charge >= 0.3 is 5.97 Å². The van der Waals surface area contributed by atoms with Gasteiger partial charge < -0.3 is 10.1 Å². The van der Waals surface area contributed by atoms with Crippen molar-refractivity contribution in [2.24, 2.45) is 0 Å². The summed E-state index contributed by atoms with van der Waals surface area (Å²) in [5.74, 6) is -0.230. The third kappa shape index (κ3) is 4.02. The average molecular weight is 225 g/mol. The number of ether oxygens (including phenoxy) is 1. The summed E-state index contributed by atoms with van der Waals surface area (Å²) in [6.45, 7) is 6.68. The third-order valence-electron chi connectivity index (χ3n) is 2.03. The summed E-state index contributed by atoms with van der Waals surface area (Å²) in [6, 6.07) is 1.71. The lowest BCUT2D eigenvalue weighted by atomic mass is 10.2. The van der Waals surface area contributed by atoms with Crippen LogP contribution in [0.1, 0.15) is 20.8 Å². The summed E-state index contributed by atoms with van der Waals surface area (Å²) in [7, 11) is 0. The van der Waals surface area contributed by atoms with Crippen LogP contribution < -0.4 is 5.32 Å². The maximum absolute atomic E-state index is 11.7. The zero-order valence-electron chi connectivity index (χ0n) is 10.0. The Labute approximate surface area is 95.8 Å². The van der Waals surface area contributed by atoms with E-state index in [0.717, 1.165) is 0 Å². The lowest BCUT2D eigenvalue weighted by Gasteiger charge is -2.19. The molecule has 1 aromatic heterocycles. The van der Waals surface area contributed by atoms with Gasteiger partial charge in [0.1, 0.15) is 6.04 Å². The van der Waals surface area contributed by atoms with Gasteiger partial charge in [-0.15, -0.1) is 0 Å². The summed E-state index contributed by atoms with van der Waals surface area (Å²) in [5, 5.41) is 7.24. The van der Waals surface area contributed by atoms with E-state index in [-0.39, 0.29) is 18.1 Å². The van der Waals surface area contributed by atoms with Crippen molar-refractivity contribution >= 4 is 5.97 Å². The highest BCUT2D eigenvalue weighted by molar-refractivity contribution is 5.75. The topological polar surface area (TPSA) is 56.2 Å². The van der Waals surface area contributed by atoms with Crippen molar-refractivity contribution in [2.75, 3.05) is 6.61 Å². The first-order chi connectivity index (χ1) is 7.63. The van der Waals surface area contributed by atoms with Gasteiger partial charge in [-0.3, -0.25) is 9.48 Å². The van der Waals surface area contributed by atoms with Crippen molar-refractivity contribution < 1.29 is 9.53 Å². The molecule has 16 heavy (non-hydrogen) atoms. The van der Waals surface area contributed by atoms with Crippen LogP contribution in [0.2, 0.25) is 0 Å². The molecule has 1 aromatic rings. The molecular formula is C11H19N3O2. The van der Waals surface area contributed by atoms with E-state index in [4.69, 9.17) is 4.74 Å². The molecule has 0 bridgehead atoms. The van der Waals surface area contributed by atoms with Crippen LogP contribution in [0.5, 0.6) is 0 Å². The summed E-state index contributed by atoms with van der Waals surface area (Å²) in [6.07, 6.45) is 3.52. The highest BCUT2D eigenvalue weighted by atomic mass is 16.5. The van der Waals surface area contributed by atoms with Crippen LogP contribution in [0.15, 0.2) is 18.5 Å². The first-order valence-corrected chi connectivity index (χ1v) is 5.53. The Morgan fingerprint density at radius 2 is 2.31 bits per heavy atom. The molecule has 1 atom stereocenters. The van der Waals surface area contributed by atoms with Crippen LogP contribution in [-0.4, -0.2) is 34.4 Å². The van der Waals surface area contributed by atoms with Crippen molar-refractivity contribution in [2.45, 2.75) is 39.4 Å². The number of carbonyl (C=O) groups is 1. The van der Waals surface area contributed by atoms with E-state index in [9.17, 15) is 4.79 Å². The van der Waals surface area contributed by atoms with Crippen LogP contribution in [-0.2, 0) is 16.1 Å². The van der Waals surface area contributed by atoms with E-state index in [1.54, 1.807) is 17.8 Å². The number of nitrogens with zero attached hydrogens (tertiary/aromatic N) is 2. The van der Waals surface area contributed by atoms with Crippen LogP contribution in [0, 0.1) is 0 Å². The number of esters is 1. The molecule has 0 saturated carbocycles. The van der Waals surface area contributed by atoms with Gasteiger partial charge in [0, 0.05) is 18.4 Å². The minimum Gasteiger partial charge on any atom is -0.465 e. The lowest BCUT2D eigenvalue weighted by Crippen LogP contribution is -2.44. The second-order valence-electron chi connectivity index (χ2n) is 3.85. The zero-order valence-corrected chi connectivity index (χ0v) is 10.0. The smallest absolute Gasteiger partial charge is 0.325 e. The van der Waals surface area contributed by atoms with Crippen molar-refractivity contribution in [1.82, 2.24) is 15.1 Å². The van der Waals surface area contributed by atoms with Gasteiger partial charge in [-0.1, -0.05) is 13.8 Å². The molecule has 0 aliphatic carbocycles. The highest BCUT2D eigenvalue weighted by Crippen LogP contribution is 1.97. The summed E-state index contributed by atoms with van der Waals surface area (Å²) in [5.41, 5.74) is 0. The molecule has 90 valence electrons. The van der Waals surface area contributed by atoms with Crippen molar-refractivity contribution in [3.05, 3.63) is 18.5 Å². The first-order valence-electron chi connectivity index (χ1n) is 5.53. The van der Waals surface area contributed by atoms with E-state index in [1.807, 2.05) is 26.1 Å². The van der Waals surface area contributed by atoms with Crippen molar-refractivity contribution in [3.63, 3.8) is 0 Å². The van der Waals surface area contributed by atoms with Gasteiger partial charge in [-0.2, -0.15) is 5.10 Å². The van der Waals surface area contributed by atoms with E-state index >= 15 is 0 Å². The van der Waals surface area contributed by atoms with Gasteiger partial charge in [0.25, 0.3) is 0 Å². The molecule has 0 aliphatic heterocycles. The Hall–Kier alpha value is -1.36. The fourth-order valence-electron chi connectivity index (χ4n) is 1.44. The molecule has 5 heteroatoms. The SMILES string of the molecule is CCOC(=O)C(Cn1cccn1)NC(C)C. The predicted molar refractivity (Wildman–Crippen MR) is 60.9 cm³/mol. The molecule has 1 rings (SSSR count). The molecule has 0 radical (unpaired) electrons. The minimum atomic E-state index is -0.347. The van der Waals surface area contributed by atoms with E-state index in [0.29, 0.717) is 13.2 Å². The number of rotatable bonds is 6. The average Bonchev–Trinajstić information content (AvgIpc) is 2.69. The number of hydrogen-bond acceptors (Lipinski definition) is 4. The number of nitrogens with one attached hydrogen (secondary N) is 1. The Kier molecular flexibility index (Phi) is 4.98. The standard InChI is InChI=1S/C11H19N3O2/c1-4-16-11(15)10(13-9(2)3)8-14-7-5-6-12-14/h5-7,9-10,13H,4,8H2,1-3H3. The number of aromatic nitrogens is 2. The second-order valence-corrected chi connectivity index (χ2v) is 3.85. The Morgan fingerprint density at radius 3 is 2.81 bits per heavy atom. The summed E-state index contributed by atoms with van der Waals surface area (Å²) in [4.78, 5) is 11.7. The third-order valence-corrected chi connectivity index (χ3v) is 2.03. The Balaban J connectivity index is 2.59. The molecule has 0 fully saturated rings. The van der Waals surface area contributed by atoms with Crippen LogP contribution in [0.3, 0.4) is 0 Å². The fourth-order valence-corrected chi connectivity index (χ4v) is 1.44. The molecule has 0 spiro atoms. The van der Waals surface area contributed by atoms with E-state index < -0.39 is 0 Å². The molecule has 5 nitrogen and oxygen atoms in total. The monoisotopic (exact) mass is 225 g/mol. The molecule has 1 N–H and O–H groups in total. The fraction of sp³-hybridized carbons (Fsp3) is 0.636. The first kappa shape index (κ1) is 12.7. The number of hydrogen-bond donors (Lipinski definition) is 1. The maximum atomic E-state index is 11.7. The highest BCUT2D eigenvalue weighted by Gasteiger charge is 2.20. The van der Waals surface area contributed by atoms with E-state index in [2.05, 4.69) is 10.4 Å². The quantitative estimate of drug-likeness (QED) is 0.728. The van der Waals surface area contributed by atoms with Gasteiger partial charge in [0.2, 0.25) is 0 Å². The lowest BCUT2D eigenvalue weighted by molar-refractivity contribution is -0.146. The molecule has 0 aliphatic rings. The molecule has 1 heterocycles. The predicted octanol–water partition coefficient (Wildman–Crippen LogP) is 0.813. The van der Waals surface area contributed by atoms with E-state index in [1.165, 1.54) is 0 Å². The molecule has 0 amide bonds. The molecular weight excluding hydrogens is 206 g/mol. The van der Waals surface area contributed by atoms with Crippen LogP contribution in [0.25, 0.3) is 0 Å². The normalized spacial score (nSPS) is 12.8. The van der Waals surface area contributed by atoms with Gasteiger partial charge in [-0.05, 0) is 13.0 Å². The second kappa shape index (κ2) is 6.27. The van der Waals surface area contributed by atoms with Gasteiger partial charge in [0.15, 0.2) is 0 Å². The molecule has 0 saturated heterocycles. The zero-order chi connectivity index (χ0) is 12.0.